The van der Waals surface area contributed by atoms with Gasteiger partial charge in [-0.05, 0) is 24.3 Å². The molecule has 1 amide bonds. The normalized spacial score (nSPS) is 16.6. The van der Waals surface area contributed by atoms with Gasteiger partial charge in [-0.25, -0.2) is 4.98 Å². The van der Waals surface area contributed by atoms with Gasteiger partial charge >= 0.3 is 0 Å². The first-order valence-electron chi connectivity index (χ1n) is 11.7. The van der Waals surface area contributed by atoms with Crippen LogP contribution < -0.4 is 19.8 Å². The zero-order chi connectivity index (χ0) is 24.6. The molecule has 0 atom stereocenters. The van der Waals surface area contributed by atoms with Gasteiger partial charge in [0.05, 0.1) is 37.2 Å². The highest BCUT2D eigenvalue weighted by molar-refractivity contribution is 6.01. The quantitative estimate of drug-likeness (QED) is 0.602. The van der Waals surface area contributed by atoms with E-state index < -0.39 is 5.60 Å². The second kappa shape index (κ2) is 9.05. The number of benzene rings is 2. The van der Waals surface area contributed by atoms with Crippen LogP contribution in [0.4, 0.5) is 0 Å². The summed E-state index contributed by atoms with van der Waals surface area (Å²) < 4.78 is 17.2. The van der Waals surface area contributed by atoms with Crippen LogP contribution in [0.25, 0.3) is 11.0 Å². The van der Waals surface area contributed by atoms with Gasteiger partial charge in [0.15, 0.2) is 17.3 Å². The molecule has 1 N–H and O–H groups in total. The number of aromatic nitrogens is 2. The third-order valence-corrected chi connectivity index (χ3v) is 6.87. The summed E-state index contributed by atoms with van der Waals surface area (Å²) in [6.07, 6.45) is 1.77. The number of aryl methyl sites for hydroxylation is 1. The Morgan fingerprint density at radius 3 is 2.63 bits per heavy atom. The molecule has 9 heteroatoms. The van der Waals surface area contributed by atoms with Gasteiger partial charge in [-0.15, -0.1) is 0 Å². The highest BCUT2D eigenvalue weighted by atomic mass is 16.5. The van der Waals surface area contributed by atoms with Crippen molar-refractivity contribution in [1.82, 2.24) is 14.9 Å². The zero-order valence-electron chi connectivity index (χ0n) is 19.8. The van der Waals surface area contributed by atoms with Gasteiger partial charge in [0.2, 0.25) is 11.7 Å². The lowest BCUT2D eigenvalue weighted by Gasteiger charge is -2.44. The Morgan fingerprint density at radius 2 is 1.89 bits per heavy atom. The topological polar surface area (TPSA) is 111 Å². The van der Waals surface area contributed by atoms with E-state index in [0.29, 0.717) is 65.5 Å². The van der Waals surface area contributed by atoms with E-state index in [-0.39, 0.29) is 36.5 Å². The molecule has 3 heterocycles. The predicted molar refractivity (Wildman–Crippen MR) is 128 cm³/mol. The molecule has 9 nitrogen and oxygen atoms in total. The number of likely N-dealkylation sites (tertiary alicyclic amines) is 1. The number of hydrogen-bond donors (Lipinski definition) is 1. The molecule has 2 aromatic carbocycles. The van der Waals surface area contributed by atoms with Crippen molar-refractivity contribution in [3.05, 3.63) is 58.0 Å². The van der Waals surface area contributed by atoms with Gasteiger partial charge in [-0.1, -0.05) is 12.1 Å². The molecule has 1 saturated heterocycles. The number of hydrogen-bond acceptors (Lipinski definition) is 7. The fraction of sp³-hybridized carbons (Fsp3) is 0.385. The van der Waals surface area contributed by atoms with Gasteiger partial charge in [0, 0.05) is 38.8 Å². The van der Waals surface area contributed by atoms with Crippen LogP contribution in [0.3, 0.4) is 0 Å². The largest absolute Gasteiger partial charge is 0.493 e. The van der Waals surface area contributed by atoms with Crippen LogP contribution >= 0.6 is 0 Å². The minimum atomic E-state index is -0.683. The van der Waals surface area contributed by atoms with Crippen molar-refractivity contribution in [3.8, 4) is 17.2 Å². The van der Waals surface area contributed by atoms with Crippen LogP contribution in [0, 0.1) is 0 Å². The maximum atomic E-state index is 12.9. The molecule has 2 aliphatic heterocycles. The monoisotopic (exact) mass is 477 g/mol. The summed E-state index contributed by atoms with van der Waals surface area (Å²) in [6.45, 7) is 0.935. The number of ether oxygens (including phenoxy) is 3. The summed E-state index contributed by atoms with van der Waals surface area (Å²) in [5.74, 6) is 1.26. The number of carbonyl (C=O) groups is 2. The zero-order valence-corrected chi connectivity index (χ0v) is 19.8. The molecule has 2 aliphatic rings. The number of aromatic amines is 1. The van der Waals surface area contributed by atoms with Crippen molar-refractivity contribution in [2.45, 2.75) is 37.7 Å². The fourth-order valence-corrected chi connectivity index (χ4v) is 4.92. The van der Waals surface area contributed by atoms with Crippen molar-refractivity contribution < 1.29 is 23.8 Å². The average molecular weight is 478 g/mol. The Bertz CT molecular complexity index is 1360. The Labute approximate surface area is 202 Å². The maximum Gasteiger partial charge on any atom is 0.270 e. The number of rotatable bonds is 5. The maximum absolute atomic E-state index is 12.9. The number of carbonyl (C=O) groups excluding carboxylic acids is 2. The number of methoxy groups -OCH3 is 2. The third-order valence-electron chi connectivity index (χ3n) is 6.87. The van der Waals surface area contributed by atoms with Crippen molar-refractivity contribution in [2.24, 2.45) is 0 Å². The standard InChI is InChI=1S/C26H27N3O6/c1-33-21-9-7-16-20(30)15-26(35-23(16)24(21)34-2)11-13-29(14-12-26)22(31)10-8-19-25(32)28-18-6-4-3-5-17(18)27-19/h3-7,9H,8,10-15H2,1-2H3,(H,28,32). The Morgan fingerprint density at radius 1 is 1.11 bits per heavy atom. The molecular weight excluding hydrogens is 450 g/mol. The summed E-state index contributed by atoms with van der Waals surface area (Å²) in [6, 6.07) is 10.7. The number of nitrogens with one attached hydrogen (secondary N) is 1. The minimum Gasteiger partial charge on any atom is -0.493 e. The van der Waals surface area contributed by atoms with E-state index in [4.69, 9.17) is 14.2 Å². The number of amides is 1. The summed E-state index contributed by atoms with van der Waals surface area (Å²) >= 11 is 0. The number of Topliss-reactive ketones (excluding diaryl/α,β-unsaturated/α-hetero) is 1. The first-order valence-corrected chi connectivity index (χ1v) is 11.7. The molecule has 1 spiro atoms. The summed E-state index contributed by atoms with van der Waals surface area (Å²) in [4.78, 5) is 47.2. The Hall–Kier alpha value is -3.88. The van der Waals surface area contributed by atoms with E-state index in [1.807, 2.05) is 18.2 Å². The van der Waals surface area contributed by atoms with Gasteiger partial charge < -0.3 is 24.1 Å². The van der Waals surface area contributed by atoms with Crippen LogP contribution in [0.15, 0.2) is 41.2 Å². The van der Waals surface area contributed by atoms with E-state index in [2.05, 4.69) is 9.97 Å². The second-order valence-electron chi connectivity index (χ2n) is 8.97. The highest BCUT2D eigenvalue weighted by Crippen LogP contribution is 2.47. The first-order chi connectivity index (χ1) is 16.9. The molecule has 0 radical (unpaired) electrons. The SMILES string of the molecule is COc1ccc2c(c1OC)OC1(CCN(C(=O)CCc3nc4ccccc4[nH]c3=O)CC1)CC2=O. The number of para-hydroxylation sites is 2. The van der Waals surface area contributed by atoms with E-state index in [0.717, 1.165) is 0 Å². The van der Waals surface area contributed by atoms with Gasteiger partial charge in [-0.3, -0.25) is 14.4 Å². The first kappa shape index (κ1) is 22.9. The molecule has 0 bridgehead atoms. The van der Waals surface area contributed by atoms with E-state index >= 15 is 0 Å². The van der Waals surface area contributed by atoms with Gasteiger partial charge in [0.25, 0.3) is 5.56 Å². The molecule has 3 aromatic rings. The van der Waals surface area contributed by atoms with E-state index in [1.165, 1.54) is 14.2 Å². The van der Waals surface area contributed by atoms with Crippen LogP contribution in [0.2, 0.25) is 0 Å². The lowest BCUT2D eigenvalue weighted by atomic mass is 9.82. The van der Waals surface area contributed by atoms with Crippen molar-refractivity contribution in [1.29, 1.82) is 0 Å². The number of piperidine rings is 1. The molecule has 5 rings (SSSR count). The number of H-pyrrole nitrogens is 1. The molecule has 0 unspecified atom stereocenters. The average Bonchev–Trinajstić information content (AvgIpc) is 2.87. The van der Waals surface area contributed by atoms with Crippen LogP contribution in [0.1, 0.15) is 41.7 Å². The molecular formula is C26H27N3O6. The van der Waals surface area contributed by atoms with E-state index in [1.54, 1.807) is 23.1 Å². The Kier molecular flexibility index (Phi) is 5.92. The summed E-state index contributed by atoms with van der Waals surface area (Å²) in [7, 11) is 3.06. The molecule has 182 valence electrons. The third kappa shape index (κ3) is 4.22. The van der Waals surface area contributed by atoms with Gasteiger partial charge in [-0.2, -0.15) is 0 Å². The Balaban J connectivity index is 1.25. The predicted octanol–water partition coefficient (Wildman–Crippen LogP) is 2.90. The summed E-state index contributed by atoms with van der Waals surface area (Å²) in [5.41, 5.74) is 1.25. The van der Waals surface area contributed by atoms with Gasteiger partial charge in [0.1, 0.15) is 11.3 Å². The fourth-order valence-electron chi connectivity index (χ4n) is 4.92. The number of ketones is 1. The van der Waals surface area contributed by atoms with E-state index in [9.17, 15) is 14.4 Å². The molecule has 1 fully saturated rings. The van der Waals surface area contributed by atoms with Crippen molar-refractivity contribution in [3.63, 3.8) is 0 Å². The minimum absolute atomic E-state index is 0.00594. The molecule has 1 aromatic heterocycles. The van der Waals surface area contributed by atoms with Crippen LogP contribution in [0.5, 0.6) is 17.2 Å². The number of fused-ring (bicyclic) bond motifs is 2. The summed E-state index contributed by atoms with van der Waals surface area (Å²) in [5, 5.41) is 0. The molecule has 35 heavy (non-hydrogen) atoms. The second-order valence-corrected chi connectivity index (χ2v) is 8.97. The number of nitrogens with zero attached hydrogens (tertiary/aromatic N) is 2. The molecule has 0 saturated carbocycles. The smallest absolute Gasteiger partial charge is 0.270 e. The molecule has 0 aliphatic carbocycles. The van der Waals surface area contributed by atoms with Crippen LogP contribution in [-0.4, -0.2) is 59.5 Å². The van der Waals surface area contributed by atoms with Crippen LogP contribution in [-0.2, 0) is 11.2 Å². The lowest BCUT2D eigenvalue weighted by Crippen LogP contribution is -2.52. The lowest BCUT2D eigenvalue weighted by molar-refractivity contribution is -0.134. The van der Waals surface area contributed by atoms with Crippen molar-refractivity contribution >= 4 is 22.7 Å². The highest BCUT2D eigenvalue weighted by Gasteiger charge is 2.45. The van der Waals surface area contributed by atoms with Crippen molar-refractivity contribution in [2.75, 3.05) is 27.3 Å².